The lowest BCUT2D eigenvalue weighted by Gasteiger charge is -2.10. The summed E-state index contributed by atoms with van der Waals surface area (Å²) in [5.74, 6) is -0.570. The van der Waals surface area contributed by atoms with Gasteiger partial charge in [-0.25, -0.2) is 15.0 Å². The summed E-state index contributed by atoms with van der Waals surface area (Å²) < 4.78 is 38.6. The number of aryl methyl sites for hydroxylation is 1. The van der Waals surface area contributed by atoms with Gasteiger partial charge in [-0.2, -0.15) is 13.2 Å². The van der Waals surface area contributed by atoms with Crippen LogP contribution in [0.4, 0.5) is 24.8 Å². The summed E-state index contributed by atoms with van der Waals surface area (Å²) in [6, 6.07) is 5.72. The molecule has 0 aliphatic heterocycles. The molecule has 0 radical (unpaired) electrons. The lowest BCUT2D eigenvalue weighted by atomic mass is 10.1. The maximum absolute atomic E-state index is 12.9. The van der Waals surface area contributed by atoms with Crippen LogP contribution in [-0.2, 0) is 6.18 Å². The monoisotopic (exact) mass is 437 g/mol. The van der Waals surface area contributed by atoms with E-state index in [9.17, 15) is 18.0 Å². The summed E-state index contributed by atoms with van der Waals surface area (Å²) in [6.45, 7) is 3.31. The normalized spacial score (nSPS) is 12.5. The van der Waals surface area contributed by atoms with Crippen LogP contribution >= 0.6 is 11.3 Å². The highest BCUT2D eigenvalue weighted by Gasteiger charge is 2.32. The van der Waals surface area contributed by atoms with E-state index in [0.717, 1.165) is 34.7 Å². The van der Waals surface area contributed by atoms with Crippen LogP contribution in [0.15, 0.2) is 36.7 Å². The molecule has 3 N–H and O–H groups in total. The second-order valence-electron chi connectivity index (χ2n) is 6.56. The Morgan fingerprint density at radius 1 is 1.27 bits per heavy atom. The van der Waals surface area contributed by atoms with Gasteiger partial charge in [0.1, 0.15) is 5.69 Å². The van der Waals surface area contributed by atoms with Gasteiger partial charge in [0.15, 0.2) is 5.01 Å². The van der Waals surface area contributed by atoms with Crippen molar-refractivity contribution < 1.29 is 23.1 Å². The molecule has 0 bridgehead atoms. The van der Waals surface area contributed by atoms with Crippen molar-refractivity contribution in [3.05, 3.63) is 52.9 Å². The molecule has 1 atom stereocenters. The lowest BCUT2D eigenvalue weighted by Crippen LogP contribution is -2.34. The Kier molecular flexibility index (Phi) is 6.32. The molecule has 0 aliphatic rings. The molecule has 158 valence electrons. The number of hydrogen-bond donors (Lipinski definition) is 3. The third-order valence-corrected chi connectivity index (χ3v) is 4.96. The zero-order valence-electron chi connectivity index (χ0n) is 16.0. The van der Waals surface area contributed by atoms with E-state index in [4.69, 9.17) is 5.11 Å². The Morgan fingerprint density at radius 3 is 2.73 bits per heavy atom. The maximum Gasteiger partial charge on any atom is 0.433 e. The molecule has 0 spiro atoms. The summed E-state index contributed by atoms with van der Waals surface area (Å²) in [4.78, 5) is 24.3. The van der Waals surface area contributed by atoms with Crippen LogP contribution in [0.2, 0.25) is 0 Å². The van der Waals surface area contributed by atoms with E-state index in [1.807, 2.05) is 13.0 Å². The number of carbonyl (C=O) groups is 1. The number of carbonyl (C=O) groups excluding carboxylic acids is 1. The average molecular weight is 437 g/mol. The number of aliphatic hydroxyl groups is 1. The summed E-state index contributed by atoms with van der Waals surface area (Å²) in [5, 5.41) is 14.7. The quantitative estimate of drug-likeness (QED) is 0.543. The molecule has 3 aromatic rings. The van der Waals surface area contributed by atoms with E-state index in [-0.39, 0.29) is 17.6 Å². The van der Waals surface area contributed by atoms with Crippen molar-refractivity contribution in [3.8, 4) is 10.4 Å². The fourth-order valence-electron chi connectivity index (χ4n) is 2.55. The number of halogens is 3. The Bertz CT molecular complexity index is 1050. The van der Waals surface area contributed by atoms with Crippen LogP contribution in [0, 0.1) is 6.92 Å². The number of alkyl halides is 3. The molecule has 1 unspecified atom stereocenters. The van der Waals surface area contributed by atoms with E-state index < -0.39 is 23.8 Å². The molecule has 1 amide bonds. The van der Waals surface area contributed by atoms with Crippen molar-refractivity contribution in [2.45, 2.75) is 26.1 Å². The molecule has 2 heterocycles. The van der Waals surface area contributed by atoms with Crippen LogP contribution < -0.4 is 10.6 Å². The van der Waals surface area contributed by atoms with E-state index >= 15 is 0 Å². The van der Waals surface area contributed by atoms with Crippen LogP contribution in [0.3, 0.4) is 0 Å². The fraction of sp³-hybridized carbons (Fsp3) is 0.263. The molecule has 0 saturated carbocycles. The maximum atomic E-state index is 12.9. The zero-order valence-corrected chi connectivity index (χ0v) is 16.8. The standard InChI is InChI=1S/C19H18F3N5O2S/c1-10-5-12(14-8-24-17(30-14)16(29)25-11(2)9-28)7-13(6-10)26-18-23-4-3-15(27-18)19(20,21)22/h3-8,11,28H,9H2,1-2H3,(H,25,29)(H,23,26,27). The van der Waals surface area contributed by atoms with E-state index in [1.54, 1.807) is 25.3 Å². The Balaban J connectivity index is 1.84. The average Bonchev–Trinajstić information content (AvgIpc) is 3.17. The summed E-state index contributed by atoms with van der Waals surface area (Å²) in [5.41, 5.74) is 1.03. The molecule has 0 aliphatic carbocycles. The fourth-order valence-corrected chi connectivity index (χ4v) is 3.35. The summed E-state index contributed by atoms with van der Waals surface area (Å²) in [6.07, 6.45) is -1.98. The van der Waals surface area contributed by atoms with Crippen molar-refractivity contribution >= 4 is 28.9 Å². The molecule has 0 saturated heterocycles. The number of hydrogen-bond acceptors (Lipinski definition) is 7. The third kappa shape index (κ3) is 5.30. The molecule has 0 fully saturated rings. The number of amides is 1. The predicted octanol–water partition coefficient (Wildman–Crippen LogP) is 3.78. The SMILES string of the molecule is Cc1cc(Nc2nccc(C(F)(F)F)n2)cc(-c2cnc(C(=O)NC(C)CO)s2)c1. The van der Waals surface area contributed by atoms with Crippen LogP contribution in [0.25, 0.3) is 10.4 Å². The van der Waals surface area contributed by atoms with Crippen molar-refractivity contribution in [1.29, 1.82) is 0 Å². The largest absolute Gasteiger partial charge is 0.433 e. The van der Waals surface area contributed by atoms with Gasteiger partial charge in [0.25, 0.3) is 5.91 Å². The smallest absolute Gasteiger partial charge is 0.394 e. The van der Waals surface area contributed by atoms with Gasteiger partial charge in [-0.1, -0.05) is 6.07 Å². The first kappa shape index (κ1) is 21.7. The highest BCUT2D eigenvalue weighted by atomic mass is 32.1. The second-order valence-corrected chi connectivity index (χ2v) is 7.59. The number of aliphatic hydroxyl groups excluding tert-OH is 1. The molecular weight excluding hydrogens is 419 g/mol. The van der Waals surface area contributed by atoms with Gasteiger partial charge in [0.2, 0.25) is 5.95 Å². The summed E-state index contributed by atoms with van der Waals surface area (Å²) in [7, 11) is 0. The minimum Gasteiger partial charge on any atom is -0.394 e. The Labute approximate surface area is 174 Å². The Morgan fingerprint density at radius 2 is 2.03 bits per heavy atom. The minimum atomic E-state index is -4.57. The first-order chi connectivity index (χ1) is 14.2. The van der Waals surface area contributed by atoms with E-state index in [2.05, 4.69) is 25.6 Å². The summed E-state index contributed by atoms with van der Waals surface area (Å²) >= 11 is 1.16. The molecule has 2 aromatic heterocycles. The van der Waals surface area contributed by atoms with E-state index in [1.165, 1.54) is 0 Å². The van der Waals surface area contributed by atoms with Gasteiger partial charge in [0, 0.05) is 24.1 Å². The second kappa shape index (κ2) is 8.76. The number of thiazole rings is 1. The Hall–Kier alpha value is -3.05. The molecule has 11 heteroatoms. The lowest BCUT2D eigenvalue weighted by molar-refractivity contribution is -0.141. The topological polar surface area (TPSA) is 100 Å². The van der Waals surface area contributed by atoms with Gasteiger partial charge >= 0.3 is 6.18 Å². The minimum absolute atomic E-state index is 0.177. The van der Waals surface area contributed by atoms with Crippen molar-refractivity contribution in [2.75, 3.05) is 11.9 Å². The van der Waals surface area contributed by atoms with Crippen molar-refractivity contribution in [2.24, 2.45) is 0 Å². The number of rotatable bonds is 6. The van der Waals surface area contributed by atoms with Crippen LogP contribution in [-0.4, -0.2) is 38.6 Å². The first-order valence-electron chi connectivity index (χ1n) is 8.82. The molecule has 1 aromatic carbocycles. The number of nitrogens with zero attached hydrogens (tertiary/aromatic N) is 3. The van der Waals surface area contributed by atoms with Crippen molar-refractivity contribution in [3.63, 3.8) is 0 Å². The molecule has 30 heavy (non-hydrogen) atoms. The van der Waals surface area contributed by atoms with Gasteiger partial charge in [-0.3, -0.25) is 4.79 Å². The number of aromatic nitrogens is 3. The van der Waals surface area contributed by atoms with Gasteiger partial charge in [-0.15, -0.1) is 11.3 Å². The van der Waals surface area contributed by atoms with Gasteiger partial charge < -0.3 is 15.7 Å². The van der Waals surface area contributed by atoms with Crippen LogP contribution in [0.1, 0.15) is 28.0 Å². The number of nitrogens with one attached hydrogen (secondary N) is 2. The molecular formula is C19H18F3N5O2S. The highest BCUT2D eigenvalue weighted by Crippen LogP contribution is 2.31. The van der Waals surface area contributed by atoms with Crippen molar-refractivity contribution in [1.82, 2.24) is 20.3 Å². The third-order valence-electron chi connectivity index (χ3n) is 3.92. The van der Waals surface area contributed by atoms with Gasteiger partial charge in [-0.05, 0) is 43.2 Å². The highest BCUT2D eigenvalue weighted by molar-refractivity contribution is 7.17. The number of anilines is 2. The van der Waals surface area contributed by atoms with Crippen LogP contribution in [0.5, 0.6) is 0 Å². The zero-order chi connectivity index (χ0) is 21.9. The van der Waals surface area contributed by atoms with Gasteiger partial charge in [0.05, 0.1) is 11.5 Å². The first-order valence-corrected chi connectivity index (χ1v) is 9.64. The molecule has 7 nitrogen and oxygen atoms in total. The molecule has 3 rings (SSSR count). The number of benzene rings is 1. The van der Waals surface area contributed by atoms with E-state index in [0.29, 0.717) is 10.6 Å². The predicted molar refractivity (Wildman–Crippen MR) is 107 cm³/mol.